The molecule has 1 fully saturated rings. The van der Waals surface area contributed by atoms with Crippen LogP contribution in [0.25, 0.3) is 0 Å². The van der Waals surface area contributed by atoms with E-state index < -0.39 is 10.8 Å². The average molecular weight is 291 g/mol. The Morgan fingerprint density at radius 3 is 2.57 bits per heavy atom. The molecule has 1 aromatic rings. The molecular weight excluding hydrogens is 270 g/mol. The molecular formula is C15H21N3O3. The Balaban J connectivity index is 2.15. The largest absolute Gasteiger partial charge is 0.377 e. The lowest BCUT2D eigenvalue weighted by Gasteiger charge is -2.29. The summed E-state index contributed by atoms with van der Waals surface area (Å²) in [6.45, 7) is 2.19. The third-order valence-corrected chi connectivity index (χ3v) is 4.26. The van der Waals surface area contributed by atoms with Gasteiger partial charge in [-0.1, -0.05) is 13.3 Å². The number of benzene rings is 1. The van der Waals surface area contributed by atoms with Crippen molar-refractivity contribution in [2.75, 3.05) is 5.32 Å². The summed E-state index contributed by atoms with van der Waals surface area (Å²) in [4.78, 5) is 21.9. The molecule has 0 saturated heterocycles. The zero-order valence-electron chi connectivity index (χ0n) is 12.2. The van der Waals surface area contributed by atoms with Crippen LogP contribution in [0.15, 0.2) is 18.2 Å². The number of primary amides is 1. The van der Waals surface area contributed by atoms with E-state index in [2.05, 4.69) is 12.2 Å². The minimum absolute atomic E-state index is 0.0161. The number of hydrogen-bond acceptors (Lipinski definition) is 4. The van der Waals surface area contributed by atoms with Crippen LogP contribution in [-0.4, -0.2) is 16.9 Å². The van der Waals surface area contributed by atoms with Gasteiger partial charge < -0.3 is 11.1 Å². The van der Waals surface area contributed by atoms with Gasteiger partial charge in [0, 0.05) is 17.7 Å². The van der Waals surface area contributed by atoms with E-state index in [0.717, 1.165) is 31.6 Å². The highest BCUT2D eigenvalue weighted by Crippen LogP contribution is 2.32. The molecule has 6 nitrogen and oxygen atoms in total. The first kappa shape index (κ1) is 15.3. The summed E-state index contributed by atoms with van der Waals surface area (Å²) < 4.78 is 0. The molecule has 0 unspecified atom stereocenters. The van der Waals surface area contributed by atoms with Crippen LogP contribution in [-0.2, 0) is 0 Å². The fourth-order valence-electron chi connectivity index (χ4n) is 2.90. The fourth-order valence-corrected chi connectivity index (χ4v) is 2.90. The fraction of sp³-hybridized carbons (Fsp3) is 0.533. The molecule has 0 bridgehead atoms. The minimum Gasteiger partial charge on any atom is -0.377 e. The van der Waals surface area contributed by atoms with Gasteiger partial charge in [-0.25, -0.2) is 0 Å². The topological polar surface area (TPSA) is 98.3 Å². The molecule has 3 N–H and O–H groups in total. The first-order valence-electron chi connectivity index (χ1n) is 7.36. The van der Waals surface area contributed by atoms with Crippen LogP contribution in [0.4, 0.5) is 11.4 Å². The van der Waals surface area contributed by atoms with Crippen LogP contribution >= 0.6 is 0 Å². The lowest BCUT2D eigenvalue weighted by atomic mass is 9.84. The third kappa shape index (κ3) is 3.71. The van der Waals surface area contributed by atoms with Crippen LogP contribution in [0.2, 0.25) is 0 Å². The van der Waals surface area contributed by atoms with Crippen molar-refractivity contribution in [3.8, 4) is 0 Å². The van der Waals surface area contributed by atoms with Gasteiger partial charge in [0.1, 0.15) is 5.69 Å². The summed E-state index contributed by atoms with van der Waals surface area (Å²) in [7, 11) is 0. The first-order chi connectivity index (χ1) is 10.0. The number of carbonyl (C=O) groups is 1. The maximum absolute atomic E-state index is 11.2. The van der Waals surface area contributed by atoms with Crippen LogP contribution in [0.5, 0.6) is 0 Å². The summed E-state index contributed by atoms with van der Waals surface area (Å²) in [5, 5.41) is 14.3. The van der Waals surface area contributed by atoms with Crippen molar-refractivity contribution in [2.45, 2.75) is 45.1 Å². The molecule has 0 aromatic heterocycles. The summed E-state index contributed by atoms with van der Waals surface area (Å²) in [6.07, 6.45) is 5.45. The van der Waals surface area contributed by atoms with E-state index in [1.807, 2.05) is 0 Å². The molecule has 1 aliphatic carbocycles. The molecule has 0 aliphatic heterocycles. The van der Waals surface area contributed by atoms with Crippen LogP contribution in [0, 0.1) is 16.0 Å². The summed E-state index contributed by atoms with van der Waals surface area (Å²) >= 11 is 0. The van der Waals surface area contributed by atoms with Gasteiger partial charge in [0.15, 0.2) is 0 Å². The third-order valence-electron chi connectivity index (χ3n) is 4.26. The van der Waals surface area contributed by atoms with Crippen molar-refractivity contribution in [3.63, 3.8) is 0 Å². The zero-order chi connectivity index (χ0) is 15.4. The van der Waals surface area contributed by atoms with Crippen LogP contribution in [0.1, 0.15) is 49.4 Å². The number of nitro groups is 1. The van der Waals surface area contributed by atoms with Gasteiger partial charge in [0.2, 0.25) is 5.91 Å². The highest BCUT2D eigenvalue weighted by molar-refractivity contribution is 5.94. The molecule has 2 rings (SSSR count). The number of nitrogens with one attached hydrogen (secondary N) is 1. The zero-order valence-corrected chi connectivity index (χ0v) is 12.2. The van der Waals surface area contributed by atoms with E-state index >= 15 is 0 Å². The number of anilines is 1. The van der Waals surface area contributed by atoms with Crippen molar-refractivity contribution < 1.29 is 9.72 Å². The van der Waals surface area contributed by atoms with Crippen LogP contribution in [0.3, 0.4) is 0 Å². The summed E-state index contributed by atoms with van der Waals surface area (Å²) in [5.41, 5.74) is 5.89. The maximum atomic E-state index is 11.2. The van der Waals surface area contributed by atoms with Crippen molar-refractivity contribution in [1.29, 1.82) is 0 Å². The average Bonchev–Trinajstić information content (AvgIpc) is 2.47. The Hall–Kier alpha value is -2.11. The van der Waals surface area contributed by atoms with Crippen molar-refractivity contribution in [1.82, 2.24) is 0 Å². The Morgan fingerprint density at radius 1 is 1.38 bits per heavy atom. The Bertz CT molecular complexity index is 537. The van der Waals surface area contributed by atoms with E-state index in [1.165, 1.54) is 24.6 Å². The van der Waals surface area contributed by atoms with E-state index in [0.29, 0.717) is 5.69 Å². The minimum atomic E-state index is -0.581. The van der Waals surface area contributed by atoms with Gasteiger partial charge >= 0.3 is 0 Å². The van der Waals surface area contributed by atoms with Crippen molar-refractivity contribution in [2.24, 2.45) is 11.7 Å². The highest BCUT2D eigenvalue weighted by atomic mass is 16.6. The molecule has 21 heavy (non-hydrogen) atoms. The van der Waals surface area contributed by atoms with Gasteiger partial charge in [-0.2, -0.15) is 0 Å². The molecule has 1 aromatic carbocycles. The lowest BCUT2D eigenvalue weighted by Crippen LogP contribution is -2.26. The van der Waals surface area contributed by atoms with Gasteiger partial charge in [-0.15, -0.1) is 0 Å². The van der Waals surface area contributed by atoms with Crippen molar-refractivity contribution >= 4 is 17.3 Å². The predicted molar refractivity (Wildman–Crippen MR) is 81.3 cm³/mol. The number of hydrogen-bond donors (Lipinski definition) is 2. The smallest absolute Gasteiger partial charge is 0.292 e. The Labute approximate surface area is 123 Å². The first-order valence-corrected chi connectivity index (χ1v) is 7.36. The molecule has 1 aliphatic rings. The molecule has 0 spiro atoms. The number of rotatable bonds is 5. The lowest BCUT2D eigenvalue weighted by molar-refractivity contribution is -0.384. The van der Waals surface area contributed by atoms with E-state index in [1.54, 1.807) is 0 Å². The molecule has 0 atom stereocenters. The second kappa shape index (κ2) is 6.56. The molecule has 1 saturated carbocycles. The van der Waals surface area contributed by atoms with Gasteiger partial charge in [-0.3, -0.25) is 14.9 Å². The normalized spacial score (nSPS) is 21.8. The molecule has 6 heteroatoms. The van der Waals surface area contributed by atoms with Crippen LogP contribution < -0.4 is 11.1 Å². The van der Waals surface area contributed by atoms with Crippen molar-refractivity contribution in [3.05, 3.63) is 33.9 Å². The van der Waals surface area contributed by atoms with E-state index in [-0.39, 0.29) is 17.3 Å². The summed E-state index contributed by atoms with van der Waals surface area (Å²) in [6, 6.07) is 4.42. The second-order valence-electron chi connectivity index (χ2n) is 5.62. The number of carbonyl (C=O) groups excluding carboxylic acids is 1. The monoisotopic (exact) mass is 291 g/mol. The Morgan fingerprint density at radius 2 is 2.05 bits per heavy atom. The SMILES string of the molecule is CCC1CCC(Nc2cc(C(N)=O)ccc2[N+](=O)[O-])CC1. The van der Waals surface area contributed by atoms with Gasteiger partial charge in [0.25, 0.3) is 5.69 Å². The number of nitrogens with two attached hydrogens (primary N) is 1. The van der Waals surface area contributed by atoms with E-state index in [4.69, 9.17) is 5.73 Å². The maximum Gasteiger partial charge on any atom is 0.292 e. The number of amides is 1. The standard InChI is InChI=1S/C15H21N3O3/c1-2-10-3-6-12(7-4-10)17-13-9-11(15(16)19)5-8-14(13)18(20)21/h5,8-10,12,17H,2-4,6-7H2,1H3,(H2,16,19). The molecule has 0 radical (unpaired) electrons. The summed E-state index contributed by atoms with van der Waals surface area (Å²) in [5.74, 6) is 0.178. The predicted octanol–water partition coefficient (Wildman–Crippen LogP) is 3.07. The van der Waals surface area contributed by atoms with E-state index in [9.17, 15) is 14.9 Å². The Kier molecular flexibility index (Phi) is 4.77. The molecule has 0 heterocycles. The molecule has 1 amide bonds. The highest BCUT2D eigenvalue weighted by Gasteiger charge is 2.23. The second-order valence-corrected chi connectivity index (χ2v) is 5.62. The number of nitro benzene ring substituents is 1. The van der Waals surface area contributed by atoms with Gasteiger partial charge in [0.05, 0.1) is 4.92 Å². The molecule has 114 valence electrons. The number of nitrogens with zero attached hydrogens (tertiary/aromatic N) is 1. The van der Waals surface area contributed by atoms with Gasteiger partial charge in [-0.05, 0) is 43.7 Å². The quantitative estimate of drug-likeness (QED) is 0.643.